The molecule has 2 aromatic rings. The number of hydrogen-bond acceptors (Lipinski definition) is 4. The number of hydrogen-bond donors (Lipinski definition) is 1. The molecule has 0 saturated carbocycles. The predicted octanol–water partition coefficient (Wildman–Crippen LogP) is 4.04. The molecule has 6 heteroatoms. The van der Waals surface area contributed by atoms with Crippen molar-refractivity contribution in [3.63, 3.8) is 0 Å². The average Bonchev–Trinajstić information content (AvgIpc) is 2.53. The van der Waals surface area contributed by atoms with E-state index in [-0.39, 0.29) is 24.0 Å². The third-order valence-electron chi connectivity index (χ3n) is 3.51. The van der Waals surface area contributed by atoms with Crippen LogP contribution in [0.25, 0.3) is 0 Å². The van der Waals surface area contributed by atoms with Crippen LogP contribution in [0.4, 0.5) is 11.4 Å². The molecule has 0 saturated heterocycles. The lowest BCUT2D eigenvalue weighted by Gasteiger charge is -2.10. The molecular formula is C18H20N2O4. The number of nitro benzene ring substituents is 1. The van der Waals surface area contributed by atoms with E-state index in [1.54, 1.807) is 25.1 Å². The van der Waals surface area contributed by atoms with Crippen LogP contribution in [0.3, 0.4) is 0 Å². The van der Waals surface area contributed by atoms with E-state index in [0.29, 0.717) is 11.6 Å². The SMILES string of the molecule is Cc1ccc([N+](=O)[O-])c(OCC(=O)Nc2cccc(C(C)C)c2)c1. The van der Waals surface area contributed by atoms with Gasteiger partial charge in [-0.1, -0.05) is 32.0 Å². The second-order valence-electron chi connectivity index (χ2n) is 5.85. The molecule has 0 aromatic heterocycles. The van der Waals surface area contributed by atoms with Crippen molar-refractivity contribution in [1.29, 1.82) is 0 Å². The first kappa shape index (κ1) is 17.5. The van der Waals surface area contributed by atoms with E-state index in [1.807, 2.05) is 18.2 Å². The highest BCUT2D eigenvalue weighted by Crippen LogP contribution is 2.27. The van der Waals surface area contributed by atoms with Gasteiger partial charge in [0.2, 0.25) is 0 Å². The minimum atomic E-state index is -0.529. The Balaban J connectivity index is 2.03. The Bertz CT molecular complexity index is 756. The number of nitrogens with zero attached hydrogens (tertiary/aromatic N) is 1. The maximum atomic E-state index is 12.0. The summed E-state index contributed by atoms with van der Waals surface area (Å²) in [5.41, 5.74) is 2.45. The highest BCUT2D eigenvalue weighted by molar-refractivity contribution is 5.92. The Labute approximate surface area is 140 Å². The molecule has 0 radical (unpaired) electrons. The number of nitro groups is 1. The van der Waals surface area contributed by atoms with E-state index in [1.165, 1.54) is 6.07 Å². The lowest BCUT2D eigenvalue weighted by atomic mass is 10.0. The molecule has 0 heterocycles. The zero-order chi connectivity index (χ0) is 17.7. The summed E-state index contributed by atoms with van der Waals surface area (Å²) in [7, 11) is 0. The van der Waals surface area contributed by atoms with E-state index < -0.39 is 4.92 Å². The zero-order valence-electron chi connectivity index (χ0n) is 13.9. The van der Waals surface area contributed by atoms with E-state index in [4.69, 9.17) is 4.74 Å². The summed E-state index contributed by atoms with van der Waals surface area (Å²) in [5.74, 6) is 0.0748. The highest BCUT2D eigenvalue weighted by atomic mass is 16.6. The number of amides is 1. The van der Waals surface area contributed by atoms with Gasteiger partial charge in [-0.05, 0) is 42.2 Å². The highest BCUT2D eigenvalue weighted by Gasteiger charge is 2.16. The monoisotopic (exact) mass is 328 g/mol. The zero-order valence-corrected chi connectivity index (χ0v) is 13.9. The van der Waals surface area contributed by atoms with Crippen molar-refractivity contribution in [2.45, 2.75) is 26.7 Å². The van der Waals surface area contributed by atoms with Gasteiger partial charge in [-0.15, -0.1) is 0 Å². The molecule has 24 heavy (non-hydrogen) atoms. The second-order valence-corrected chi connectivity index (χ2v) is 5.85. The van der Waals surface area contributed by atoms with Gasteiger partial charge >= 0.3 is 5.69 Å². The minimum absolute atomic E-state index is 0.0890. The van der Waals surface area contributed by atoms with Gasteiger partial charge in [0.25, 0.3) is 5.91 Å². The summed E-state index contributed by atoms with van der Waals surface area (Å²) in [6.45, 7) is 5.64. The molecule has 0 aliphatic heterocycles. The maximum absolute atomic E-state index is 12.0. The molecule has 1 amide bonds. The summed E-state index contributed by atoms with van der Waals surface area (Å²) in [6, 6.07) is 12.1. The van der Waals surface area contributed by atoms with Gasteiger partial charge in [-0.25, -0.2) is 0 Å². The Morgan fingerprint density at radius 2 is 2.00 bits per heavy atom. The number of aryl methyl sites for hydroxylation is 1. The number of benzene rings is 2. The van der Waals surface area contributed by atoms with Crippen molar-refractivity contribution in [2.75, 3.05) is 11.9 Å². The van der Waals surface area contributed by atoms with Gasteiger partial charge in [0.15, 0.2) is 12.4 Å². The first-order valence-electron chi connectivity index (χ1n) is 7.64. The number of carbonyl (C=O) groups is 1. The van der Waals surface area contributed by atoms with Crippen molar-refractivity contribution >= 4 is 17.3 Å². The van der Waals surface area contributed by atoms with Gasteiger partial charge in [0.1, 0.15) is 0 Å². The van der Waals surface area contributed by atoms with Gasteiger partial charge < -0.3 is 10.1 Å². The Kier molecular flexibility index (Phi) is 5.52. The predicted molar refractivity (Wildman–Crippen MR) is 92.5 cm³/mol. The van der Waals surface area contributed by atoms with Crippen molar-refractivity contribution < 1.29 is 14.5 Å². The van der Waals surface area contributed by atoms with Crippen molar-refractivity contribution in [1.82, 2.24) is 0 Å². The number of ether oxygens (including phenoxy) is 1. The van der Waals surface area contributed by atoms with Crippen molar-refractivity contribution in [2.24, 2.45) is 0 Å². The molecule has 0 atom stereocenters. The molecular weight excluding hydrogens is 308 g/mol. The molecule has 0 unspecified atom stereocenters. The second kappa shape index (κ2) is 7.59. The molecule has 0 fully saturated rings. The molecule has 0 aliphatic carbocycles. The lowest BCUT2D eigenvalue weighted by Crippen LogP contribution is -2.20. The van der Waals surface area contributed by atoms with Crippen molar-refractivity contribution in [3.05, 3.63) is 63.7 Å². The standard InChI is InChI=1S/C18H20N2O4/c1-12(2)14-5-4-6-15(10-14)19-18(21)11-24-17-9-13(3)7-8-16(17)20(22)23/h4-10,12H,11H2,1-3H3,(H,19,21). The van der Waals surface area contributed by atoms with E-state index in [2.05, 4.69) is 19.2 Å². The first-order valence-corrected chi connectivity index (χ1v) is 7.64. The van der Waals surface area contributed by atoms with Crippen LogP contribution >= 0.6 is 0 Å². The maximum Gasteiger partial charge on any atom is 0.310 e. The summed E-state index contributed by atoms with van der Waals surface area (Å²) in [5, 5.41) is 13.7. The molecule has 0 aliphatic rings. The molecule has 0 spiro atoms. The van der Waals surface area contributed by atoms with Gasteiger partial charge in [-0.3, -0.25) is 14.9 Å². The molecule has 1 N–H and O–H groups in total. The summed E-state index contributed by atoms with van der Waals surface area (Å²) >= 11 is 0. The first-order chi connectivity index (χ1) is 11.4. The summed E-state index contributed by atoms with van der Waals surface area (Å²) in [4.78, 5) is 22.5. The van der Waals surface area contributed by atoms with E-state index in [9.17, 15) is 14.9 Å². The van der Waals surface area contributed by atoms with Crippen LogP contribution in [-0.4, -0.2) is 17.4 Å². The van der Waals surface area contributed by atoms with Gasteiger partial charge in [0.05, 0.1) is 4.92 Å². The Morgan fingerprint density at radius 3 is 2.67 bits per heavy atom. The lowest BCUT2D eigenvalue weighted by molar-refractivity contribution is -0.385. The molecule has 2 aromatic carbocycles. The normalized spacial score (nSPS) is 10.5. The largest absolute Gasteiger partial charge is 0.477 e. The van der Waals surface area contributed by atoms with E-state index >= 15 is 0 Å². The third-order valence-corrected chi connectivity index (χ3v) is 3.51. The number of anilines is 1. The summed E-state index contributed by atoms with van der Waals surface area (Å²) < 4.78 is 5.34. The fourth-order valence-corrected chi connectivity index (χ4v) is 2.20. The molecule has 6 nitrogen and oxygen atoms in total. The fourth-order valence-electron chi connectivity index (χ4n) is 2.20. The number of nitrogens with one attached hydrogen (secondary N) is 1. The van der Waals surface area contributed by atoms with Crippen LogP contribution in [0.1, 0.15) is 30.9 Å². The minimum Gasteiger partial charge on any atom is -0.477 e. The van der Waals surface area contributed by atoms with Crippen LogP contribution in [-0.2, 0) is 4.79 Å². The Hall–Kier alpha value is -2.89. The topological polar surface area (TPSA) is 81.5 Å². The van der Waals surface area contributed by atoms with Crippen LogP contribution in [0.5, 0.6) is 5.75 Å². The quantitative estimate of drug-likeness (QED) is 0.641. The van der Waals surface area contributed by atoms with Crippen LogP contribution < -0.4 is 10.1 Å². The van der Waals surface area contributed by atoms with Gasteiger partial charge in [-0.2, -0.15) is 0 Å². The van der Waals surface area contributed by atoms with Crippen molar-refractivity contribution in [3.8, 4) is 5.75 Å². The van der Waals surface area contributed by atoms with E-state index in [0.717, 1.165) is 11.1 Å². The fraction of sp³-hybridized carbons (Fsp3) is 0.278. The third kappa shape index (κ3) is 4.55. The smallest absolute Gasteiger partial charge is 0.310 e. The Morgan fingerprint density at radius 1 is 1.25 bits per heavy atom. The molecule has 0 bridgehead atoms. The number of rotatable bonds is 6. The summed E-state index contributed by atoms with van der Waals surface area (Å²) in [6.07, 6.45) is 0. The van der Waals surface area contributed by atoms with Crippen LogP contribution in [0.15, 0.2) is 42.5 Å². The molecule has 2 rings (SSSR count). The van der Waals surface area contributed by atoms with Crippen LogP contribution in [0, 0.1) is 17.0 Å². The van der Waals surface area contributed by atoms with Gasteiger partial charge in [0, 0.05) is 11.8 Å². The number of carbonyl (C=O) groups excluding carboxylic acids is 1. The van der Waals surface area contributed by atoms with Crippen LogP contribution in [0.2, 0.25) is 0 Å². The average molecular weight is 328 g/mol. The molecule has 126 valence electrons.